The van der Waals surface area contributed by atoms with Crippen molar-refractivity contribution in [2.24, 2.45) is 11.8 Å². The summed E-state index contributed by atoms with van der Waals surface area (Å²) >= 11 is 1.40. The second-order valence-corrected chi connectivity index (χ2v) is 8.16. The number of carboxylic acids is 1. The fourth-order valence-corrected chi connectivity index (χ4v) is 4.78. The normalized spacial score (nSPS) is 26.8. The van der Waals surface area contributed by atoms with Crippen LogP contribution in [0, 0.1) is 25.7 Å². The number of aliphatic carboxylic acids is 1. The summed E-state index contributed by atoms with van der Waals surface area (Å²) in [7, 11) is 0. The zero-order valence-corrected chi connectivity index (χ0v) is 15.4. The zero-order chi connectivity index (χ0) is 18.4. The first-order valence-electron chi connectivity index (χ1n) is 8.67. The van der Waals surface area contributed by atoms with Crippen molar-refractivity contribution in [3.8, 4) is 11.3 Å². The topological polar surface area (TPSA) is 88.5 Å². The molecule has 3 heterocycles. The number of carbonyl (C=O) groups is 2. The average Bonchev–Trinajstić information content (AvgIpc) is 3.29. The van der Waals surface area contributed by atoms with Crippen LogP contribution in [0.3, 0.4) is 0 Å². The van der Waals surface area contributed by atoms with E-state index >= 15 is 0 Å². The number of carboxylic acid groups (broad SMARTS) is 1. The van der Waals surface area contributed by atoms with Crippen molar-refractivity contribution in [2.75, 3.05) is 5.32 Å². The van der Waals surface area contributed by atoms with E-state index in [1.807, 2.05) is 38.1 Å². The van der Waals surface area contributed by atoms with Crippen molar-refractivity contribution >= 4 is 28.3 Å². The van der Waals surface area contributed by atoms with E-state index in [1.165, 1.54) is 16.9 Å². The molecule has 2 saturated heterocycles. The number of nitrogens with zero attached hydrogens (tertiary/aromatic N) is 1. The quantitative estimate of drug-likeness (QED) is 0.860. The number of benzene rings is 1. The molecular formula is C19H20N2O4S. The van der Waals surface area contributed by atoms with Gasteiger partial charge in [-0.15, -0.1) is 11.3 Å². The lowest BCUT2D eigenvalue weighted by Crippen LogP contribution is -2.40. The van der Waals surface area contributed by atoms with Crippen molar-refractivity contribution in [3.05, 3.63) is 34.7 Å². The molecule has 0 aliphatic carbocycles. The maximum absolute atomic E-state index is 12.7. The molecule has 0 saturated carbocycles. The number of hydrogen-bond donors (Lipinski definition) is 2. The number of anilines is 1. The highest BCUT2D eigenvalue weighted by Gasteiger charge is 2.55. The standard InChI is InChI=1S/C19H20N2O4S/c1-9-3-5-11(6-4-9)16-10(2)26-19(20-16)21-17(22)14-12-7-8-13(25-12)15(14)18(23)24/h3-6,12-15H,7-8H2,1-2H3,(H,23,24)(H,20,21,22)/t12-,13+,14+,15-/m0/s1. The molecule has 6 nitrogen and oxygen atoms in total. The molecule has 2 fully saturated rings. The zero-order valence-electron chi connectivity index (χ0n) is 14.6. The number of ether oxygens (including phenoxy) is 1. The van der Waals surface area contributed by atoms with Crippen molar-refractivity contribution < 1.29 is 19.4 Å². The summed E-state index contributed by atoms with van der Waals surface area (Å²) in [6, 6.07) is 8.06. The third kappa shape index (κ3) is 2.91. The molecule has 2 aliphatic heterocycles. The van der Waals surface area contributed by atoms with Crippen LogP contribution in [0.15, 0.2) is 24.3 Å². The molecular weight excluding hydrogens is 352 g/mol. The molecule has 1 aromatic carbocycles. The SMILES string of the molecule is Cc1ccc(-c2nc(NC(=O)[C@H]3[C@@H](C(=O)O)[C@H]4CC[C@@H]3O4)sc2C)cc1. The van der Waals surface area contributed by atoms with Crippen LogP contribution < -0.4 is 5.32 Å². The minimum absolute atomic E-state index is 0.307. The molecule has 136 valence electrons. The molecule has 26 heavy (non-hydrogen) atoms. The summed E-state index contributed by atoms with van der Waals surface area (Å²) in [6.07, 6.45) is 0.783. The number of fused-ring (bicyclic) bond motifs is 2. The predicted molar refractivity (Wildman–Crippen MR) is 98.2 cm³/mol. The number of nitrogens with one attached hydrogen (secondary N) is 1. The number of amides is 1. The van der Waals surface area contributed by atoms with E-state index in [4.69, 9.17) is 4.74 Å². The molecule has 2 bridgehead atoms. The minimum atomic E-state index is -0.965. The predicted octanol–water partition coefficient (Wildman–Crippen LogP) is 3.24. The molecule has 2 N–H and O–H groups in total. The van der Waals surface area contributed by atoms with Gasteiger partial charge in [-0.05, 0) is 26.7 Å². The molecule has 2 aromatic rings. The largest absolute Gasteiger partial charge is 0.481 e. The van der Waals surface area contributed by atoms with E-state index in [1.54, 1.807) is 0 Å². The summed E-state index contributed by atoms with van der Waals surface area (Å²) in [5.74, 6) is -2.70. The number of rotatable bonds is 4. The van der Waals surface area contributed by atoms with Gasteiger partial charge in [0.05, 0.1) is 29.7 Å². The van der Waals surface area contributed by atoms with Crippen molar-refractivity contribution in [1.82, 2.24) is 4.98 Å². The van der Waals surface area contributed by atoms with Gasteiger partial charge in [-0.25, -0.2) is 4.98 Å². The lowest BCUT2D eigenvalue weighted by molar-refractivity contribution is -0.147. The first-order chi connectivity index (χ1) is 12.4. The van der Waals surface area contributed by atoms with E-state index < -0.39 is 17.8 Å². The lowest BCUT2D eigenvalue weighted by atomic mass is 9.79. The van der Waals surface area contributed by atoms with Crippen LogP contribution in [0.25, 0.3) is 11.3 Å². The molecule has 7 heteroatoms. The summed E-state index contributed by atoms with van der Waals surface area (Å²) in [5.41, 5.74) is 3.01. The Labute approximate surface area is 155 Å². The van der Waals surface area contributed by atoms with E-state index in [0.717, 1.165) is 22.6 Å². The minimum Gasteiger partial charge on any atom is -0.481 e. The third-order valence-electron chi connectivity index (χ3n) is 5.21. The van der Waals surface area contributed by atoms with Gasteiger partial charge in [-0.2, -0.15) is 0 Å². The average molecular weight is 372 g/mol. The van der Waals surface area contributed by atoms with Crippen LogP contribution in [-0.2, 0) is 14.3 Å². The number of aryl methyl sites for hydroxylation is 2. The second kappa shape index (κ2) is 6.48. The second-order valence-electron chi connectivity index (χ2n) is 6.96. The van der Waals surface area contributed by atoms with Gasteiger partial charge in [-0.3, -0.25) is 9.59 Å². The number of carbonyl (C=O) groups excluding carboxylic acids is 1. The van der Waals surface area contributed by atoms with Crippen molar-refractivity contribution in [1.29, 1.82) is 0 Å². The number of thiazole rings is 1. The van der Waals surface area contributed by atoms with Gasteiger partial charge in [0.1, 0.15) is 0 Å². The van der Waals surface area contributed by atoms with Crippen molar-refractivity contribution in [3.63, 3.8) is 0 Å². The van der Waals surface area contributed by atoms with Crippen LogP contribution >= 0.6 is 11.3 Å². The lowest BCUT2D eigenvalue weighted by Gasteiger charge is -2.23. The summed E-state index contributed by atoms with van der Waals surface area (Å²) in [4.78, 5) is 29.8. The Balaban J connectivity index is 1.54. The van der Waals surface area contributed by atoms with E-state index in [0.29, 0.717) is 11.6 Å². The van der Waals surface area contributed by atoms with E-state index in [9.17, 15) is 14.7 Å². The highest BCUT2D eigenvalue weighted by molar-refractivity contribution is 7.16. The molecule has 1 amide bonds. The Kier molecular flexibility index (Phi) is 4.28. The molecule has 0 spiro atoms. The first kappa shape index (κ1) is 17.2. The molecule has 1 aromatic heterocycles. The van der Waals surface area contributed by atoms with Crippen LogP contribution in [0.1, 0.15) is 23.3 Å². The van der Waals surface area contributed by atoms with Crippen LogP contribution in [0.5, 0.6) is 0 Å². The summed E-state index contributed by atoms with van der Waals surface area (Å²) < 4.78 is 5.67. The van der Waals surface area contributed by atoms with Gasteiger partial charge >= 0.3 is 5.97 Å². The van der Waals surface area contributed by atoms with Gasteiger partial charge in [-0.1, -0.05) is 29.8 Å². The Morgan fingerprint density at radius 2 is 1.81 bits per heavy atom. The maximum atomic E-state index is 12.7. The number of aromatic nitrogens is 1. The highest BCUT2D eigenvalue weighted by atomic mass is 32.1. The van der Waals surface area contributed by atoms with Crippen LogP contribution in [0.2, 0.25) is 0 Å². The van der Waals surface area contributed by atoms with E-state index in [-0.39, 0.29) is 18.1 Å². The highest BCUT2D eigenvalue weighted by Crippen LogP contribution is 2.44. The number of hydrogen-bond acceptors (Lipinski definition) is 5. The Hall–Kier alpha value is -2.25. The Bertz CT molecular complexity index is 861. The van der Waals surface area contributed by atoms with Crippen molar-refractivity contribution in [2.45, 2.75) is 38.9 Å². The monoisotopic (exact) mass is 372 g/mol. The Morgan fingerprint density at radius 1 is 1.15 bits per heavy atom. The maximum Gasteiger partial charge on any atom is 0.310 e. The van der Waals surface area contributed by atoms with Crippen LogP contribution in [0.4, 0.5) is 5.13 Å². The van der Waals surface area contributed by atoms with Gasteiger partial charge in [0.2, 0.25) is 5.91 Å². The fourth-order valence-electron chi connectivity index (χ4n) is 3.94. The summed E-state index contributed by atoms with van der Waals surface area (Å²) in [6.45, 7) is 3.99. The van der Waals surface area contributed by atoms with Crippen LogP contribution in [-0.4, -0.2) is 34.2 Å². The van der Waals surface area contributed by atoms with E-state index in [2.05, 4.69) is 10.3 Å². The molecule has 4 atom stereocenters. The van der Waals surface area contributed by atoms with Gasteiger partial charge < -0.3 is 15.2 Å². The first-order valence-corrected chi connectivity index (χ1v) is 9.49. The van der Waals surface area contributed by atoms with Gasteiger partial charge in [0.15, 0.2) is 5.13 Å². The fraction of sp³-hybridized carbons (Fsp3) is 0.421. The molecule has 0 radical (unpaired) electrons. The Morgan fingerprint density at radius 3 is 2.46 bits per heavy atom. The van der Waals surface area contributed by atoms with Gasteiger partial charge in [0, 0.05) is 10.4 Å². The smallest absolute Gasteiger partial charge is 0.310 e. The summed E-state index contributed by atoms with van der Waals surface area (Å²) in [5, 5.41) is 12.8. The molecule has 0 unspecified atom stereocenters. The third-order valence-corrected chi connectivity index (χ3v) is 6.10. The molecule has 4 rings (SSSR count). The van der Waals surface area contributed by atoms with Gasteiger partial charge in [0.25, 0.3) is 0 Å². The molecule has 2 aliphatic rings.